The van der Waals surface area contributed by atoms with Gasteiger partial charge < -0.3 is 9.55 Å². The maximum absolute atomic E-state index is 15.7. The van der Waals surface area contributed by atoms with Crippen LogP contribution < -0.4 is 5.32 Å². The fourth-order valence-corrected chi connectivity index (χ4v) is 12.5. The molecule has 1 aliphatic heterocycles. The first kappa shape index (κ1) is 22.0. The Morgan fingerprint density at radius 2 is 1.72 bits per heavy atom. The zero-order chi connectivity index (χ0) is 21.5. The highest BCUT2D eigenvalue weighted by Crippen LogP contribution is 2.46. The zero-order valence-electron chi connectivity index (χ0n) is 18.4. The van der Waals surface area contributed by atoms with Gasteiger partial charge in [0.05, 0.1) is 6.04 Å². The van der Waals surface area contributed by atoms with Gasteiger partial charge in [0.25, 0.3) is 0 Å². The van der Waals surface area contributed by atoms with Gasteiger partial charge in [-0.25, -0.2) is 8.78 Å². The second kappa shape index (κ2) is 8.21. The summed E-state index contributed by atoms with van der Waals surface area (Å²) in [6.45, 7) is 13.4. The zero-order valence-corrected chi connectivity index (χ0v) is 19.4. The van der Waals surface area contributed by atoms with Crippen LogP contribution in [0.1, 0.15) is 72.5 Å². The van der Waals surface area contributed by atoms with Crippen molar-refractivity contribution in [3.8, 4) is 0 Å². The molecule has 1 aromatic carbocycles. The van der Waals surface area contributed by atoms with Crippen molar-refractivity contribution in [1.82, 2.24) is 9.55 Å². The van der Waals surface area contributed by atoms with E-state index in [0.29, 0.717) is 46.8 Å². The lowest BCUT2D eigenvalue weighted by molar-refractivity contribution is -0.124. The minimum Gasteiger partial charge on any atom is -0.373 e. The molecule has 2 aromatic rings. The van der Waals surface area contributed by atoms with Crippen LogP contribution in [0.2, 0.25) is 16.6 Å². The fraction of sp³-hybridized carbons (Fsp3) is 0.609. The molecule has 3 nitrogen and oxygen atoms in total. The minimum absolute atomic E-state index is 0.122. The van der Waals surface area contributed by atoms with E-state index < -0.39 is 20.4 Å². The van der Waals surface area contributed by atoms with Gasteiger partial charge in [-0.2, -0.15) is 0 Å². The summed E-state index contributed by atoms with van der Waals surface area (Å²) in [7, 11) is -2.18. The van der Waals surface area contributed by atoms with Crippen LogP contribution in [0.15, 0.2) is 24.4 Å². The molecule has 2 atom stereocenters. The molecule has 29 heavy (non-hydrogen) atoms. The molecule has 1 amide bonds. The highest BCUT2D eigenvalue weighted by atomic mass is 28.3. The van der Waals surface area contributed by atoms with Crippen molar-refractivity contribution in [2.45, 2.75) is 89.6 Å². The number of aromatic nitrogens is 1. The third-order valence-electron chi connectivity index (χ3n) is 6.92. The number of amides is 1. The third kappa shape index (κ3) is 3.54. The summed E-state index contributed by atoms with van der Waals surface area (Å²) in [6.07, 6.45) is 2.14. The number of rotatable bonds is 6. The summed E-state index contributed by atoms with van der Waals surface area (Å²) in [6, 6.07) is 4.45. The standard InChI is InChI=1S/C23H34F2N2OSi/c1-14(2)29(15(3)4,16(5)6)27-13-17(22-18(24)9-7-11-20(22)27)23(25)19-10-8-12-21(28)26-19/h7,9,11,13-16,19,23H,8,10,12H2,1-6H3,(H,26,28)/t19-,23-/m0/s1. The number of alkyl halides is 1. The molecule has 1 aliphatic rings. The van der Waals surface area contributed by atoms with Gasteiger partial charge in [-0.15, -0.1) is 0 Å². The number of hydrogen-bond acceptors (Lipinski definition) is 1. The van der Waals surface area contributed by atoms with Gasteiger partial charge in [0.2, 0.25) is 5.91 Å². The van der Waals surface area contributed by atoms with Crippen molar-refractivity contribution < 1.29 is 13.6 Å². The predicted molar refractivity (Wildman–Crippen MR) is 118 cm³/mol. The van der Waals surface area contributed by atoms with Crippen LogP contribution in [0.4, 0.5) is 8.78 Å². The molecule has 1 N–H and O–H groups in total. The van der Waals surface area contributed by atoms with Crippen molar-refractivity contribution in [2.24, 2.45) is 0 Å². The number of nitrogens with one attached hydrogen (secondary N) is 1. The van der Waals surface area contributed by atoms with E-state index in [1.807, 2.05) is 12.3 Å². The molecule has 6 heteroatoms. The van der Waals surface area contributed by atoms with Crippen LogP contribution in [-0.4, -0.2) is 24.4 Å². The Morgan fingerprint density at radius 3 is 2.28 bits per heavy atom. The van der Waals surface area contributed by atoms with E-state index >= 15 is 8.78 Å². The summed E-state index contributed by atoms with van der Waals surface area (Å²) in [5, 5.41) is 3.15. The Labute approximate surface area is 174 Å². The van der Waals surface area contributed by atoms with Gasteiger partial charge in [0, 0.05) is 29.1 Å². The van der Waals surface area contributed by atoms with Crippen LogP contribution in [0.25, 0.3) is 10.9 Å². The minimum atomic E-state index is -2.18. The van der Waals surface area contributed by atoms with Gasteiger partial charge in [-0.05, 0) is 41.6 Å². The molecular formula is C23H34F2N2OSi. The summed E-state index contributed by atoms with van der Waals surface area (Å²) < 4.78 is 33.0. The van der Waals surface area contributed by atoms with Crippen molar-refractivity contribution in [3.05, 3.63) is 35.8 Å². The predicted octanol–water partition coefficient (Wildman–Crippen LogP) is 6.48. The number of nitrogens with zero attached hydrogens (tertiary/aromatic N) is 1. The Bertz CT molecular complexity index is 869. The summed E-state index contributed by atoms with van der Waals surface area (Å²) in [5.74, 6) is -0.511. The highest BCUT2D eigenvalue weighted by molar-refractivity contribution is 6.82. The molecule has 0 radical (unpaired) electrons. The van der Waals surface area contributed by atoms with E-state index in [9.17, 15) is 4.79 Å². The monoisotopic (exact) mass is 420 g/mol. The lowest BCUT2D eigenvalue weighted by Gasteiger charge is -2.44. The highest BCUT2D eigenvalue weighted by Gasteiger charge is 2.46. The fourth-order valence-electron chi connectivity index (χ4n) is 5.91. The van der Waals surface area contributed by atoms with Crippen LogP contribution in [-0.2, 0) is 4.79 Å². The second-order valence-corrected chi connectivity index (χ2v) is 15.1. The van der Waals surface area contributed by atoms with Gasteiger partial charge in [0.1, 0.15) is 12.0 Å². The number of halogens is 2. The number of carbonyl (C=O) groups excluding carboxylic acids is 1. The van der Waals surface area contributed by atoms with Crippen LogP contribution in [0.5, 0.6) is 0 Å². The van der Waals surface area contributed by atoms with Crippen LogP contribution >= 0.6 is 0 Å². The number of benzene rings is 1. The second-order valence-electron chi connectivity index (χ2n) is 9.41. The van der Waals surface area contributed by atoms with Crippen LogP contribution in [0.3, 0.4) is 0 Å². The first-order valence-electron chi connectivity index (χ1n) is 10.9. The molecule has 0 bridgehead atoms. The smallest absolute Gasteiger partial charge is 0.220 e. The molecule has 0 spiro atoms. The summed E-state index contributed by atoms with van der Waals surface area (Å²) in [5.41, 5.74) is 2.38. The lowest BCUT2D eigenvalue weighted by atomic mass is 9.95. The van der Waals surface area contributed by atoms with E-state index in [1.54, 1.807) is 6.07 Å². The van der Waals surface area contributed by atoms with Gasteiger partial charge >= 0.3 is 0 Å². The van der Waals surface area contributed by atoms with E-state index in [2.05, 4.69) is 51.1 Å². The molecule has 1 aromatic heterocycles. The molecular weight excluding hydrogens is 386 g/mol. The van der Waals surface area contributed by atoms with Crippen LogP contribution in [0, 0.1) is 5.82 Å². The van der Waals surface area contributed by atoms with E-state index in [1.165, 1.54) is 6.07 Å². The lowest BCUT2D eigenvalue weighted by Crippen LogP contribution is -2.51. The van der Waals surface area contributed by atoms with Gasteiger partial charge in [-0.3, -0.25) is 4.79 Å². The maximum atomic E-state index is 15.7. The quantitative estimate of drug-likeness (QED) is 0.533. The normalized spacial score (nSPS) is 19.4. The number of carbonyl (C=O) groups is 1. The summed E-state index contributed by atoms with van der Waals surface area (Å²) >= 11 is 0. The Balaban J connectivity index is 2.25. The van der Waals surface area contributed by atoms with Crippen molar-refractivity contribution in [2.75, 3.05) is 0 Å². The molecule has 3 rings (SSSR count). The Morgan fingerprint density at radius 1 is 1.10 bits per heavy atom. The topological polar surface area (TPSA) is 34.0 Å². The molecule has 2 heterocycles. The third-order valence-corrected chi connectivity index (χ3v) is 13.7. The Kier molecular flexibility index (Phi) is 6.23. The SMILES string of the molecule is CC(C)[Si](C(C)C)(C(C)C)n1cc([C@H](F)[C@@H]2CCCC(=O)N2)c2c(F)cccc21. The van der Waals surface area contributed by atoms with E-state index in [4.69, 9.17) is 0 Å². The number of hydrogen-bond donors (Lipinski definition) is 1. The summed E-state index contributed by atoms with van der Waals surface area (Å²) in [4.78, 5) is 11.8. The molecule has 160 valence electrons. The van der Waals surface area contributed by atoms with E-state index in [0.717, 1.165) is 5.52 Å². The molecule has 0 unspecified atom stereocenters. The number of piperidine rings is 1. The Hall–Kier alpha value is -1.69. The first-order valence-corrected chi connectivity index (χ1v) is 13.0. The molecule has 0 aliphatic carbocycles. The van der Waals surface area contributed by atoms with Crippen molar-refractivity contribution in [1.29, 1.82) is 0 Å². The van der Waals surface area contributed by atoms with Crippen molar-refractivity contribution >= 4 is 25.0 Å². The largest absolute Gasteiger partial charge is 0.373 e. The van der Waals surface area contributed by atoms with Crippen molar-refractivity contribution in [3.63, 3.8) is 0 Å². The van der Waals surface area contributed by atoms with Gasteiger partial charge in [-0.1, -0.05) is 47.6 Å². The average molecular weight is 421 g/mol. The first-order chi connectivity index (χ1) is 13.6. The van der Waals surface area contributed by atoms with E-state index in [-0.39, 0.29) is 11.7 Å². The average Bonchev–Trinajstić information content (AvgIpc) is 3.02. The van der Waals surface area contributed by atoms with Gasteiger partial charge in [0.15, 0.2) is 8.24 Å². The molecule has 0 saturated carbocycles. The number of fused-ring (bicyclic) bond motifs is 1. The maximum Gasteiger partial charge on any atom is 0.220 e. The molecule has 1 fully saturated rings. The molecule has 1 saturated heterocycles.